The number of nitrogens with one attached hydrogen (secondary N) is 1. The van der Waals surface area contributed by atoms with Gasteiger partial charge in [-0.1, -0.05) is 30.7 Å². The first kappa shape index (κ1) is 12.8. The van der Waals surface area contributed by atoms with Crippen LogP contribution in [0.15, 0.2) is 24.3 Å². The third-order valence-electron chi connectivity index (χ3n) is 2.80. The van der Waals surface area contributed by atoms with Gasteiger partial charge in [0.15, 0.2) is 0 Å². The van der Waals surface area contributed by atoms with Gasteiger partial charge in [-0.25, -0.2) is 9.97 Å². The van der Waals surface area contributed by atoms with Gasteiger partial charge >= 0.3 is 0 Å². The molecular formula is C14H16ClN3. The van der Waals surface area contributed by atoms with Gasteiger partial charge in [0.1, 0.15) is 16.8 Å². The van der Waals surface area contributed by atoms with E-state index in [0.29, 0.717) is 11.0 Å². The molecule has 1 N–H and O–H groups in total. The molecule has 0 atom stereocenters. The second-order valence-corrected chi connectivity index (χ2v) is 4.57. The van der Waals surface area contributed by atoms with Crippen LogP contribution in [-0.2, 0) is 6.42 Å². The van der Waals surface area contributed by atoms with Gasteiger partial charge in [0.2, 0.25) is 0 Å². The second-order valence-electron chi connectivity index (χ2n) is 4.21. The van der Waals surface area contributed by atoms with E-state index in [1.165, 1.54) is 5.56 Å². The summed E-state index contributed by atoms with van der Waals surface area (Å²) < 4.78 is 0. The van der Waals surface area contributed by atoms with Crippen molar-refractivity contribution in [2.75, 3.05) is 5.32 Å². The molecule has 0 spiro atoms. The van der Waals surface area contributed by atoms with Crippen LogP contribution in [0.5, 0.6) is 0 Å². The molecule has 0 saturated carbocycles. The van der Waals surface area contributed by atoms with E-state index >= 15 is 0 Å². The van der Waals surface area contributed by atoms with Gasteiger partial charge in [0.25, 0.3) is 0 Å². The van der Waals surface area contributed by atoms with Crippen LogP contribution < -0.4 is 5.32 Å². The maximum Gasteiger partial charge on any atom is 0.138 e. The predicted molar refractivity (Wildman–Crippen MR) is 75.6 cm³/mol. The highest BCUT2D eigenvalue weighted by Crippen LogP contribution is 2.23. The van der Waals surface area contributed by atoms with Crippen molar-refractivity contribution in [2.45, 2.75) is 27.2 Å². The molecule has 4 heteroatoms. The van der Waals surface area contributed by atoms with Crippen molar-refractivity contribution in [3.8, 4) is 0 Å². The normalized spacial score (nSPS) is 10.4. The molecule has 0 bridgehead atoms. The minimum absolute atomic E-state index is 0.497. The highest BCUT2D eigenvalue weighted by Gasteiger charge is 2.07. The Morgan fingerprint density at radius 1 is 1.22 bits per heavy atom. The van der Waals surface area contributed by atoms with Crippen LogP contribution in [0.2, 0.25) is 5.15 Å². The average molecular weight is 262 g/mol. The molecule has 0 aliphatic heterocycles. The number of nitrogens with zero attached hydrogens (tertiary/aromatic N) is 2. The zero-order chi connectivity index (χ0) is 13.1. The molecule has 2 rings (SSSR count). The van der Waals surface area contributed by atoms with Crippen LogP contribution in [0.25, 0.3) is 0 Å². The lowest BCUT2D eigenvalue weighted by atomic mass is 10.1. The quantitative estimate of drug-likeness (QED) is 0.847. The van der Waals surface area contributed by atoms with E-state index in [9.17, 15) is 0 Å². The number of hydrogen-bond acceptors (Lipinski definition) is 3. The number of halogens is 1. The first-order valence-corrected chi connectivity index (χ1v) is 6.34. The monoisotopic (exact) mass is 261 g/mol. The second kappa shape index (κ2) is 5.36. The fourth-order valence-electron chi connectivity index (χ4n) is 1.72. The van der Waals surface area contributed by atoms with Crippen molar-refractivity contribution in [2.24, 2.45) is 0 Å². The SMILES string of the molecule is CCc1cccc(Nc2nc(C)nc(Cl)c2C)c1. The first-order chi connectivity index (χ1) is 8.60. The highest BCUT2D eigenvalue weighted by molar-refractivity contribution is 6.30. The number of benzene rings is 1. The fourth-order valence-corrected chi connectivity index (χ4v) is 1.93. The van der Waals surface area contributed by atoms with Crippen LogP contribution in [0.3, 0.4) is 0 Å². The van der Waals surface area contributed by atoms with E-state index in [-0.39, 0.29) is 0 Å². The maximum absolute atomic E-state index is 6.05. The van der Waals surface area contributed by atoms with Crippen molar-refractivity contribution in [3.05, 3.63) is 46.4 Å². The molecule has 2 aromatic rings. The number of hydrogen-bond donors (Lipinski definition) is 1. The molecule has 18 heavy (non-hydrogen) atoms. The summed E-state index contributed by atoms with van der Waals surface area (Å²) in [5.41, 5.74) is 3.17. The molecule has 0 aliphatic rings. The maximum atomic E-state index is 6.05. The summed E-state index contributed by atoms with van der Waals surface area (Å²) in [5.74, 6) is 1.43. The van der Waals surface area contributed by atoms with Crippen LogP contribution in [-0.4, -0.2) is 9.97 Å². The molecule has 1 aromatic heterocycles. The van der Waals surface area contributed by atoms with E-state index in [1.807, 2.05) is 26.0 Å². The Morgan fingerprint density at radius 3 is 2.72 bits per heavy atom. The topological polar surface area (TPSA) is 37.8 Å². The molecule has 0 amide bonds. The standard InChI is InChI=1S/C14H16ClN3/c1-4-11-6-5-7-12(8-11)18-14-9(2)13(15)16-10(3)17-14/h5-8H,4H2,1-3H3,(H,16,17,18). The molecule has 3 nitrogen and oxygen atoms in total. The van der Waals surface area contributed by atoms with Gasteiger partial charge in [-0.05, 0) is 38.0 Å². The molecule has 0 saturated heterocycles. The lowest BCUT2D eigenvalue weighted by Gasteiger charge is -2.11. The minimum atomic E-state index is 0.497. The third kappa shape index (κ3) is 2.79. The van der Waals surface area contributed by atoms with Crippen molar-refractivity contribution in [1.29, 1.82) is 0 Å². The van der Waals surface area contributed by atoms with Gasteiger partial charge in [-0.3, -0.25) is 0 Å². The van der Waals surface area contributed by atoms with Gasteiger partial charge in [-0.2, -0.15) is 0 Å². The van der Waals surface area contributed by atoms with Crippen molar-refractivity contribution in [1.82, 2.24) is 9.97 Å². The predicted octanol–water partition coefficient (Wildman–Crippen LogP) is 4.05. The minimum Gasteiger partial charge on any atom is -0.340 e. The van der Waals surface area contributed by atoms with Crippen LogP contribution in [0, 0.1) is 13.8 Å². The van der Waals surface area contributed by atoms with Gasteiger partial charge in [0.05, 0.1) is 0 Å². The van der Waals surface area contributed by atoms with Crippen LogP contribution in [0.4, 0.5) is 11.5 Å². The van der Waals surface area contributed by atoms with E-state index in [0.717, 1.165) is 23.5 Å². The summed E-state index contributed by atoms with van der Waals surface area (Å²) in [5, 5.41) is 3.79. The lowest BCUT2D eigenvalue weighted by molar-refractivity contribution is 1.04. The average Bonchev–Trinajstić information content (AvgIpc) is 2.35. The highest BCUT2D eigenvalue weighted by atomic mass is 35.5. The zero-order valence-electron chi connectivity index (χ0n) is 10.8. The largest absolute Gasteiger partial charge is 0.340 e. The van der Waals surface area contributed by atoms with E-state index in [2.05, 4.69) is 34.3 Å². The van der Waals surface area contributed by atoms with Crippen molar-refractivity contribution >= 4 is 23.1 Å². The van der Waals surface area contributed by atoms with Crippen LogP contribution >= 0.6 is 11.6 Å². The number of aryl methyl sites for hydroxylation is 2. The molecule has 0 aliphatic carbocycles. The van der Waals surface area contributed by atoms with Crippen molar-refractivity contribution in [3.63, 3.8) is 0 Å². The molecule has 1 aromatic carbocycles. The number of aromatic nitrogens is 2. The van der Waals surface area contributed by atoms with Gasteiger partial charge < -0.3 is 5.32 Å². The molecule has 94 valence electrons. The molecule has 0 radical (unpaired) electrons. The Labute approximate surface area is 112 Å². The Kier molecular flexibility index (Phi) is 3.82. The Balaban J connectivity index is 2.33. The third-order valence-corrected chi connectivity index (χ3v) is 3.16. The Hall–Kier alpha value is -1.61. The smallest absolute Gasteiger partial charge is 0.138 e. The van der Waals surface area contributed by atoms with E-state index in [4.69, 9.17) is 11.6 Å². The number of anilines is 2. The molecule has 0 fully saturated rings. The zero-order valence-corrected chi connectivity index (χ0v) is 11.5. The van der Waals surface area contributed by atoms with E-state index < -0.39 is 0 Å². The summed E-state index contributed by atoms with van der Waals surface area (Å²) in [4.78, 5) is 8.50. The molecule has 1 heterocycles. The van der Waals surface area contributed by atoms with Crippen molar-refractivity contribution < 1.29 is 0 Å². The summed E-state index contributed by atoms with van der Waals surface area (Å²) in [7, 11) is 0. The van der Waals surface area contributed by atoms with Crippen LogP contribution in [0.1, 0.15) is 23.9 Å². The summed E-state index contributed by atoms with van der Waals surface area (Å²) in [6.45, 7) is 5.88. The Morgan fingerprint density at radius 2 is 2.00 bits per heavy atom. The Bertz CT molecular complexity index is 567. The molecular weight excluding hydrogens is 246 g/mol. The molecule has 0 unspecified atom stereocenters. The van der Waals surface area contributed by atoms with Gasteiger partial charge in [-0.15, -0.1) is 0 Å². The summed E-state index contributed by atoms with van der Waals surface area (Å²) in [6.07, 6.45) is 1.01. The lowest BCUT2D eigenvalue weighted by Crippen LogP contribution is -2.01. The van der Waals surface area contributed by atoms with Gasteiger partial charge in [0, 0.05) is 11.3 Å². The van der Waals surface area contributed by atoms with E-state index in [1.54, 1.807) is 0 Å². The fraction of sp³-hybridized carbons (Fsp3) is 0.286. The first-order valence-electron chi connectivity index (χ1n) is 5.97. The summed E-state index contributed by atoms with van der Waals surface area (Å²) >= 11 is 6.05. The number of rotatable bonds is 3. The summed E-state index contributed by atoms with van der Waals surface area (Å²) in [6, 6.07) is 8.27.